The number of nitrogens with zero attached hydrogens (tertiary/aromatic N) is 2. The average molecular weight is 294 g/mol. The fourth-order valence-electron chi connectivity index (χ4n) is 2.69. The number of pyridine rings is 1. The second-order valence-corrected chi connectivity index (χ2v) is 6.89. The van der Waals surface area contributed by atoms with Crippen molar-refractivity contribution in [3.05, 3.63) is 47.7 Å². The van der Waals surface area contributed by atoms with E-state index in [0.29, 0.717) is 10.9 Å². The van der Waals surface area contributed by atoms with Gasteiger partial charge in [-0.3, -0.25) is 0 Å². The first-order chi connectivity index (χ1) is 10.3. The fourth-order valence-corrected chi connectivity index (χ4v) is 3.97. The topological polar surface area (TPSA) is 36.7 Å². The largest absolute Gasteiger partial charge is 0.236 e. The van der Waals surface area contributed by atoms with E-state index >= 15 is 0 Å². The lowest BCUT2D eigenvalue weighted by Gasteiger charge is -2.10. The molecule has 0 aliphatic heterocycles. The minimum atomic E-state index is 0.560. The standard InChI is InChI=1S/C18H18N2S/c1-13-6-8-14(9-7-13)16-10-11-18(17(12-19)20-16)21-15-4-2-3-5-15/h6-11,15H,2-5H2,1H3. The van der Waals surface area contributed by atoms with Gasteiger partial charge in [0.05, 0.1) is 5.69 Å². The lowest BCUT2D eigenvalue weighted by atomic mass is 10.1. The van der Waals surface area contributed by atoms with Gasteiger partial charge in [0.1, 0.15) is 6.07 Å². The van der Waals surface area contributed by atoms with Gasteiger partial charge in [-0.05, 0) is 31.9 Å². The minimum absolute atomic E-state index is 0.560. The molecule has 3 heteroatoms. The van der Waals surface area contributed by atoms with Crippen LogP contribution in [0.4, 0.5) is 0 Å². The molecule has 1 saturated carbocycles. The zero-order valence-electron chi connectivity index (χ0n) is 12.2. The Labute approximate surface area is 130 Å². The van der Waals surface area contributed by atoms with Crippen molar-refractivity contribution in [1.82, 2.24) is 4.98 Å². The van der Waals surface area contributed by atoms with Gasteiger partial charge in [-0.1, -0.05) is 42.7 Å². The molecule has 1 aromatic carbocycles. The Kier molecular flexibility index (Phi) is 4.26. The number of thioether (sulfide) groups is 1. The van der Waals surface area contributed by atoms with E-state index in [9.17, 15) is 5.26 Å². The van der Waals surface area contributed by atoms with Gasteiger partial charge in [-0.15, -0.1) is 11.8 Å². The molecule has 0 radical (unpaired) electrons. The van der Waals surface area contributed by atoms with Crippen molar-refractivity contribution in [3.8, 4) is 17.3 Å². The van der Waals surface area contributed by atoms with Gasteiger partial charge in [-0.2, -0.15) is 5.26 Å². The summed E-state index contributed by atoms with van der Waals surface area (Å²) in [6, 6.07) is 14.6. The maximum atomic E-state index is 9.38. The zero-order chi connectivity index (χ0) is 14.7. The van der Waals surface area contributed by atoms with Crippen LogP contribution in [-0.2, 0) is 0 Å². The molecule has 1 heterocycles. The Morgan fingerprint density at radius 3 is 2.48 bits per heavy atom. The molecule has 0 bridgehead atoms. The van der Waals surface area contributed by atoms with Crippen molar-refractivity contribution >= 4 is 11.8 Å². The SMILES string of the molecule is Cc1ccc(-c2ccc(SC3CCCC3)c(C#N)n2)cc1. The van der Waals surface area contributed by atoms with E-state index < -0.39 is 0 Å². The van der Waals surface area contributed by atoms with Crippen LogP contribution in [0.3, 0.4) is 0 Å². The summed E-state index contributed by atoms with van der Waals surface area (Å²) in [5.74, 6) is 0. The molecule has 1 aliphatic carbocycles. The van der Waals surface area contributed by atoms with Gasteiger partial charge >= 0.3 is 0 Å². The summed E-state index contributed by atoms with van der Waals surface area (Å²) in [5, 5.41) is 10.0. The first-order valence-corrected chi connectivity index (χ1v) is 8.29. The number of rotatable bonds is 3. The Balaban J connectivity index is 1.87. The predicted octanol–water partition coefficient (Wildman–Crippen LogP) is 4.96. The molecule has 106 valence electrons. The number of hydrogen-bond acceptors (Lipinski definition) is 3. The summed E-state index contributed by atoms with van der Waals surface area (Å²) in [6.07, 6.45) is 5.15. The Hall–Kier alpha value is -1.79. The van der Waals surface area contributed by atoms with Crippen LogP contribution in [0.15, 0.2) is 41.3 Å². The Morgan fingerprint density at radius 1 is 1.10 bits per heavy atom. The van der Waals surface area contributed by atoms with Crippen LogP contribution < -0.4 is 0 Å². The second kappa shape index (κ2) is 6.32. The summed E-state index contributed by atoms with van der Waals surface area (Å²) in [5.41, 5.74) is 3.73. The highest BCUT2D eigenvalue weighted by molar-refractivity contribution is 8.00. The fraction of sp³-hybridized carbons (Fsp3) is 0.333. The van der Waals surface area contributed by atoms with E-state index in [1.165, 1.54) is 31.2 Å². The maximum Gasteiger partial charge on any atom is 0.154 e. The molecule has 2 aromatic rings. The van der Waals surface area contributed by atoms with Crippen LogP contribution >= 0.6 is 11.8 Å². The molecule has 2 nitrogen and oxygen atoms in total. The first kappa shape index (κ1) is 14.2. The molecule has 0 saturated heterocycles. The van der Waals surface area contributed by atoms with Crippen LogP contribution in [0.5, 0.6) is 0 Å². The van der Waals surface area contributed by atoms with Crippen molar-refractivity contribution in [2.75, 3.05) is 0 Å². The van der Waals surface area contributed by atoms with Crippen LogP contribution in [0.2, 0.25) is 0 Å². The zero-order valence-corrected chi connectivity index (χ0v) is 13.0. The third kappa shape index (κ3) is 3.28. The van der Waals surface area contributed by atoms with Crippen molar-refractivity contribution in [3.63, 3.8) is 0 Å². The number of hydrogen-bond donors (Lipinski definition) is 0. The van der Waals surface area contributed by atoms with Crippen molar-refractivity contribution in [2.24, 2.45) is 0 Å². The quantitative estimate of drug-likeness (QED) is 0.802. The molecule has 21 heavy (non-hydrogen) atoms. The second-order valence-electron chi connectivity index (χ2n) is 5.55. The van der Waals surface area contributed by atoms with Gasteiger partial charge in [0.25, 0.3) is 0 Å². The molecule has 0 amide bonds. The normalized spacial score (nSPS) is 15.0. The summed E-state index contributed by atoms with van der Waals surface area (Å²) in [4.78, 5) is 5.58. The molecular weight excluding hydrogens is 276 g/mol. The van der Waals surface area contributed by atoms with E-state index in [-0.39, 0.29) is 0 Å². The number of benzene rings is 1. The van der Waals surface area contributed by atoms with Gasteiger partial charge in [0, 0.05) is 15.7 Å². The maximum absolute atomic E-state index is 9.38. The predicted molar refractivity (Wildman–Crippen MR) is 87.2 cm³/mol. The lowest BCUT2D eigenvalue weighted by molar-refractivity contribution is 0.886. The van der Waals surface area contributed by atoms with Crippen molar-refractivity contribution in [1.29, 1.82) is 5.26 Å². The summed E-state index contributed by atoms with van der Waals surface area (Å²) in [7, 11) is 0. The van der Waals surface area contributed by atoms with Crippen LogP contribution in [0.25, 0.3) is 11.3 Å². The molecule has 1 aliphatic rings. The third-order valence-corrected chi connectivity index (χ3v) is 5.30. The van der Waals surface area contributed by atoms with Gasteiger partial charge in [0.15, 0.2) is 5.69 Å². The van der Waals surface area contributed by atoms with E-state index in [2.05, 4.69) is 48.3 Å². The van der Waals surface area contributed by atoms with Crippen LogP contribution in [0, 0.1) is 18.3 Å². The highest BCUT2D eigenvalue weighted by Crippen LogP contribution is 2.36. The van der Waals surface area contributed by atoms with E-state index in [1.54, 1.807) is 0 Å². The molecule has 0 unspecified atom stereocenters. The minimum Gasteiger partial charge on any atom is -0.236 e. The Morgan fingerprint density at radius 2 is 1.81 bits per heavy atom. The summed E-state index contributed by atoms with van der Waals surface area (Å²) in [6.45, 7) is 2.07. The number of nitriles is 1. The highest BCUT2D eigenvalue weighted by Gasteiger charge is 2.18. The Bertz CT molecular complexity index is 665. The van der Waals surface area contributed by atoms with Crippen LogP contribution in [0.1, 0.15) is 36.9 Å². The van der Waals surface area contributed by atoms with Gasteiger partial charge in [0.2, 0.25) is 0 Å². The number of aromatic nitrogens is 1. The molecule has 3 rings (SSSR count). The smallest absolute Gasteiger partial charge is 0.154 e. The first-order valence-electron chi connectivity index (χ1n) is 7.41. The van der Waals surface area contributed by atoms with Gasteiger partial charge < -0.3 is 0 Å². The summed E-state index contributed by atoms with van der Waals surface area (Å²) >= 11 is 1.82. The number of aryl methyl sites for hydroxylation is 1. The monoisotopic (exact) mass is 294 g/mol. The molecule has 0 spiro atoms. The molecule has 1 fully saturated rings. The van der Waals surface area contributed by atoms with E-state index in [4.69, 9.17) is 0 Å². The molecule has 0 atom stereocenters. The highest BCUT2D eigenvalue weighted by atomic mass is 32.2. The van der Waals surface area contributed by atoms with Crippen molar-refractivity contribution < 1.29 is 0 Å². The van der Waals surface area contributed by atoms with E-state index in [0.717, 1.165) is 16.2 Å². The van der Waals surface area contributed by atoms with Gasteiger partial charge in [-0.25, -0.2) is 4.98 Å². The molecular formula is C18H18N2S. The average Bonchev–Trinajstić information content (AvgIpc) is 3.01. The molecule has 0 N–H and O–H groups in total. The van der Waals surface area contributed by atoms with Crippen LogP contribution in [-0.4, -0.2) is 10.2 Å². The molecule has 1 aromatic heterocycles. The third-order valence-electron chi connectivity index (χ3n) is 3.91. The lowest BCUT2D eigenvalue weighted by Crippen LogP contribution is -1.97. The van der Waals surface area contributed by atoms with Crippen molar-refractivity contribution in [2.45, 2.75) is 42.8 Å². The summed E-state index contributed by atoms with van der Waals surface area (Å²) < 4.78 is 0. The van der Waals surface area contributed by atoms with E-state index in [1.807, 2.05) is 17.8 Å².